The molecule has 0 saturated carbocycles. The average Bonchev–Trinajstić information content (AvgIpc) is 2.58. The topological polar surface area (TPSA) is 0 Å². The summed E-state index contributed by atoms with van der Waals surface area (Å²) in [5.74, 6) is 0.539. The lowest BCUT2D eigenvalue weighted by Gasteiger charge is -2.19. The fourth-order valence-corrected chi connectivity index (χ4v) is 2.91. The van der Waals surface area contributed by atoms with Gasteiger partial charge in [-0.3, -0.25) is 0 Å². The summed E-state index contributed by atoms with van der Waals surface area (Å²) in [6.45, 7) is 2.27. The Labute approximate surface area is 109 Å². The van der Waals surface area contributed by atoms with Crippen molar-refractivity contribution in [2.24, 2.45) is 0 Å². The Morgan fingerprint density at radius 3 is 1.78 bits per heavy atom. The maximum absolute atomic E-state index is 2.28. The summed E-state index contributed by atoms with van der Waals surface area (Å²) in [5.41, 5.74) is 5.68. The second-order valence-corrected chi connectivity index (χ2v) is 4.93. The monoisotopic (exact) mass is 234 g/mol. The van der Waals surface area contributed by atoms with Crippen molar-refractivity contribution in [2.45, 2.75) is 25.7 Å². The lowest BCUT2D eigenvalue weighted by molar-refractivity contribution is 0.697. The molecule has 0 aromatic heterocycles. The molecule has 0 fully saturated rings. The molecule has 0 bridgehead atoms. The Morgan fingerprint density at radius 2 is 1.28 bits per heavy atom. The second-order valence-electron chi connectivity index (χ2n) is 4.93. The van der Waals surface area contributed by atoms with Crippen LogP contribution in [0.5, 0.6) is 0 Å². The van der Waals surface area contributed by atoms with E-state index >= 15 is 0 Å². The molecular formula is C18H18. The van der Waals surface area contributed by atoms with E-state index in [0.29, 0.717) is 5.92 Å². The Bertz CT molecular complexity index is 529. The summed E-state index contributed by atoms with van der Waals surface area (Å²) >= 11 is 0. The fraction of sp³-hybridized carbons (Fsp3) is 0.222. The van der Waals surface area contributed by atoms with Crippen LogP contribution in [0.4, 0.5) is 0 Å². The van der Waals surface area contributed by atoms with E-state index in [0.717, 1.165) is 0 Å². The molecule has 0 aliphatic heterocycles. The molecule has 0 N–H and O–H groups in total. The van der Waals surface area contributed by atoms with E-state index in [-0.39, 0.29) is 0 Å². The van der Waals surface area contributed by atoms with Gasteiger partial charge in [-0.05, 0) is 28.7 Å². The molecule has 0 heteroatoms. The Kier molecular flexibility index (Phi) is 3.02. The largest absolute Gasteiger partial charge is 0.0653 e. The van der Waals surface area contributed by atoms with Gasteiger partial charge in [-0.15, -0.1) is 0 Å². The van der Waals surface area contributed by atoms with Gasteiger partial charge in [0.2, 0.25) is 0 Å². The third kappa shape index (κ3) is 1.88. The first-order valence-electron chi connectivity index (χ1n) is 6.76. The minimum atomic E-state index is 0.539. The van der Waals surface area contributed by atoms with Crippen LogP contribution in [-0.4, -0.2) is 0 Å². The summed E-state index contributed by atoms with van der Waals surface area (Å²) in [4.78, 5) is 0. The Hall–Kier alpha value is -1.82. The normalized spacial score (nSPS) is 13.8. The van der Waals surface area contributed by atoms with Crippen molar-refractivity contribution in [1.29, 1.82) is 0 Å². The van der Waals surface area contributed by atoms with Crippen LogP contribution in [0.2, 0.25) is 0 Å². The number of benzene rings is 2. The predicted molar refractivity (Wildman–Crippen MR) is 78.6 cm³/mol. The first-order chi connectivity index (χ1) is 8.90. The molecule has 3 rings (SSSR count). The molecule has 0 heterocycles. The fourth-order valence-electron chi connectivity index (χ4n) is 2.91. The van der Waals surface area contributed by atoms with Crippen molar-refractivity contribution in [3.8, 4) is 0 Å². The molecule has 0 nitrogen and oxygen atoms in total. The van der Waals surface area contributed by atoms with Gasteiger partial charge >= 0.3 is 0 Å². The molecule has 1 aliphatic carbocycles. The maximum Gasteiger partial charge on any atom is 0.0101 e. The van der Waals surface area contributed by atoms with Gasteiger partial charge in [0.25, 0.3) is 0 Å². The van der Waals surface area contributed by atoms with E-state index < -0.39 is 0 Å². The zero-order valence-electron chi connectivity index (χ0n) is 10.8. The van der Waals surface area contributed by atoms with Gasteiger partial charge in [0.15, 0.2) is 0 Å². The molecule has 2 aromatic carbocycles. The Morgan fingerprint density at radius 1 is 0.778 bits per heavy atom. The van der Waals surface area contributed by atoms with E-state index in [1.807, 2.05) is 0 Å². The van der Waals surface area contributed by atoms with Gasteiger partial charge in [0.1, 0.15) is 0 Å². The molecule has 0 spiro atoms. The second kappa shape index (κ2) is 4.81. The van der Waals surface area contributed by atoms with Gasteiger partial charge in [0, 0.05) is 5.92 Å². The van der Waals surface area contributed by atoms with E-state index in [1.54, 1.807) is 0 Å². The van der Waals surface area contributed by atoms with Crippen molar-refractivity contribution >= 4 is 12.2 Å². The minimum Gasteiger partial charge on any atom is -0.0653 e. The number of rotatable bonds is 2. The van der Waals surface area contributed by atoms with Crippen molar-refractivity contribution < 1.29 is 0 Å². The van der Waals surface area contributed by atoms with Crippen LogP contribution in [0.1, 0.15) is 47.9 Å². The van der Waals surface area contributed by atoms with Gasteiger partial charge in [-0.1, -0.05) is 74.0 Å². The van der Waals surface area contributed by atoms with Gasteiger partial charge < -0.3 is 0 Å². The highest BCUT2D eigenvalue weighted by Gasteiger charge is 2.19. The molecule has 90 valence electrons. The first kappa shape index (κ1) is 11.3. The van der Waals surface area contributed by atoms with Gasteiger partial charge in [-0.25, -0.2) is 0 Å². The van der Waals surface area contributed by atoms with Crippen LogP contribution in [0.15, 0.2) is 48.5 Å². The summed E-state index contributed by atoms with van der Waals surface area (Å²) in [5, 5.41) is 0. The van der Waals surface area contributed by atoms with Crippen LogP contribution in [0.25, 0.3) is 12.2 Å². The highest BCUT2D eigenvalue weighted by atomic mass is 14.2. The molecule has 0 amide bonds. The van der Waals surface area contributed by atoms with Crippen LogP contribution in [0, 0.1) is 0 Å². The average molecular weight is 234 g/mol. The lowest BCUT2D eigenvalue weighted by Crippen LogP contribution is -2.03. The predicted octanol–water partition coefficient (Wildman–Crippen LogP) is 5.10. The third-order valence-corrected chi connectivity index (χ3v) is 3.76. The van der Waals surface area contributed by atoms with Crippen molar-refractivity contribution in [2.75, 3.05) is 0 Å². The zero-order valence-corrected chi connectivity index (χ0v) is 10.8. The third-order valence-electron chi connectivity index (χ3n) is 3.76. The van der Waals surface area contributed by atoms with Crippen molar-refractivity contribution in [3.63, 3.8) is 0 Å². The quantitative estimate of drug-likeness (QED) is 0.678. The highest BCUT2D eigenvalue weighted by molar-refractivity contribution is 5.76. The van der Waals surface area contributed by atoms with E-state index in [9.17, 15) is 0 Å². The van der Waals surface area contributed by atoms with Gasteiger partial charge in [0.05, 0.1) is 0 Å². The van der Waals surface area contributed by atoms with Crippen LogP contribution in [0.3, 0.4) is 0 Å². The summed E-state index contributed by atoms with van der Waals surface area (Å²) < 4.78 is 0. The van der Waals surface area contributed by atoms with Crippen molar-refractivity contribution in [1.82, 2.24) is 0 Å². The highest BCUT2D eigenvalue weighted by Crippen LogP contribution is 2.37. The lowest BCUT2D eigenvalue weighted by atomic mass is 9.85. The molecule has 1 aliphatic rings. The number of fused-ring (bicyclic) bond motifs is 2. The smallest absolute Gasteiger partial charge is 0.0101 e. The molecule has 0 unspecified atom stereocenters. The van der Waals surface area contributed by atoms with Crippen LogP contribution in [-0.2, 0) is 0 Å². The zero-order chi connectivity index (χ0) is 12.4. The molecule has 2 aromatic rings. The molecular weight excluding hydrogens is 216 g/mol. The molecule has 18 heavy (non-hydrogen) atoms. The minimum absolute atomic E-state index is 0.539. The molecule has 0 radical (unpaired) electrons. The van der Waals surface area contributed by atoms with Gasteiger partial charge in [-0.2, -0.15) is 0 Å². The standard InChI is InChI=1S/C18H18/c1-2-7-18-16-10-5-3-8-14(16)12-13-15-9-4-6-11-17(15)18/h3-6,8-13,18H,2,7H2,1H3. The maximum atomic E-state index is 2.28. The summed E-state index contributed by atoms with van der Waals surface area (Å²) in [6.07, 6.45) is 6.94. The van der Waals surface area contributed by atoms with E-state index in [2.05, 4.69) is 67.6 Å². The summed E-state index contributed by atoms with van der Waals surface area (Å²) in [7, 11) is 0. The Balaban J connectivity index is 2.20. The summed E-state index contributed by atoms with van der Waals surface area (Å²) in [6, 6.07) is 17.6. The SMILES string of the molecule is CCCC1c2ccccc2C=Cc2ccccc21. The first-order valence-corrected chi connectivity index (χ1v) is 6.76. The number of hydrogen-bond acceptors (Lipinski definition) is 0. The van der Waals surface area contributed by atoms with Crippen LogP contribution >= 0.6 is 0 Å². The van der Waals surface area contributed by atoms with E-state index in [1.165, 1.54) is 35.1 Å². The molecule has 0 atom stereocenters. The number of hydrogen-bond donors (Lipinski definition) is 0. The van der Waals surface area contributed by atoms with Crippen LogP contribution < -0.4 is 0 Å². The van der Waals surface area contributed by atoms with E-state index in [4.69, 9.17) is 0 Å². The van der Waals surface area contributed by atoms with Crippen molar-refractivity contribution in [3.05, 3.63) is 70.8 Å². The molecule has 0 saturated heterocycles.